The Bertz CT molecular complexity index is 733. The lowest BCUT2D eigenvalue weighted by atomic mass is 10.1. The van der Waals surface area contributed by atoms with Crippen LogP contribution in [0, 0.1) is 30.9 Å². The van der Waals surface area contributed by atoms with Crippen LogP contribution < -0.4 is 5.32 Å². The van der Waals surface area contributed by atoms with Crippen LogP contribution in [0.1, 0.15) is 27.4 Å². The third-order valence-corrected chi connectivity index (χ3v) is 3.24. The van der Waals surface area contributed by atoms with E-state index in [1.165, 1.54) is 18.2 Å². The van der Waals surface area contributed by atoms with Gasteiger partial charge in [-0.1, -0.05) is 6.07 Å². The second-order valence-electron chi connectivity index (χ2n) is 4.60. The summed E-state index contributed by atoms with van der Waals surface area (Å²) in [5.74, 6) is 0.0875. The summed E-state index contributed by atoms with van der Waals surface area (Å²) in [6.07, 6.45) is 0. The predicted molar refractivity (Wildman–Crippen MR) is 75.6 cm³/mol. The van der Waals surface area contributed by atoms with Crippen molar-refractivity contribution in [3.05, 3.63) is 51.0 Å². The number of anilines is 1. The first kappa shape index (κ1) is 14.6. The van der Waals surface area contributed by atoms with Gasteiger partial charge in [-0.05, 0) is 26.8 Å². The summed E-state index contributed by atoms with van der Waals surface area (Å²) in [5.41, 5.74) is 0.358. The fraction of sp³-hybridized carbons (Fsp3) is 0.214. The van der Waals surface area contributed by atoms with Gasteiger partial charge in [0.25, 0.3) is 11.6 Å². The first-order chi connectivity index (χ1) is 9.82. The van der Waals surface area contributed by atoms with Crippen molar-refractivity contribution in [2.45, 2.75) is 20.8 Å². The number of nitro groups is 1. The first-order valence-corrected chi connectivity index (χ1v) is 6.17. The molecule has 1 aromatic heterocycles. The van der Waals surface area contributed by atoms with E-state index in [4.69, 9.17) is 4.42 Å². The number of carbonyl (C=O) groups is 1. The van der Waals surface area contributed by atoms with E-state index in [2.05, 4.69) is 5.32 Å². The molecule has 7 nitrogen and oxygen atoms in total. The molecule has 0 aliphatic heterocycles. The second-order valence-corrected chi connectivity index (χ2v) is 4.60. The molecule has 0 atom stereocenters. The molecular weight excluding hydrogens is 276 g/mol. The van der Waals surface area contributed by atoms with Crippen LogP contribution in [0.3, 0.4) is 0 Å². The predicted octanol–water partition coefficient (Wildman–Crippen LogP) is 3.07. The van der Waals surface area contributed by atoms with Crippen molar-refractivity contribution in [2.24, 2.45) is 0 Å². The molecule has 7 heteroatoms. The Morgan fingerprint density at radius 2 is 1.95 bits per heavy atom. The summed E-state index contributed by atoms with van der Waals surface area (Å²) in [5, 5.41) is 23.1. The maximum absolute atomic E-state index is 12.3. The number of aromatic hydroxyl groups is 1. The molecule has 2 aromatic rings. The minimum Gasteiger partial charge on any atom is -0.505 e. The molecule has 1 aromatic carbocycles. The smallest absolute Gasteiger partial charge is 0.296 e. The Kier molecular flexibility index (Phi) is 3.66. The molecule has 0 spiro atoms. The van der Waals surface area contributed by atoms with E-state index >= 15 is 0 Å². The van der Waals surface area contributed by atoms with Crippen molar-refractivity contribution in [2.75, 3.05) is 5.32 Å². The minimum atomic E-state index is -0.671. The molecule has 2 N–H and O–H groups in total. The number of furan rings is 1. The third kappa shape index (κ3) is 2.58. The molecule has 1 amide bonds. The largest absolute Gasteiger partial charge is 0.505 e. The van der Waals surface area contributed by atoms with Crippen molar-refractivity contribution < 1.29 is 19.2 Å². The number of hydrogen-bond acceptors (Lipinski definition) is 5. The Morgan fingerprint density at radius 3 is 2.48 bits per heavy atom. The maximum Gasteiger partial charge on any atom is 0.296 e. The highest BCUT2D eigenvalue weighted by Gasteiger charge is 2.24. The summed E-state index contributed by atoms with van der Waals surface area (Å²) >= 11 is 0. The lowest BCUT2D eigenvalue weighted by molar-refractivity contribution is -0.384. The zero-order chi connectivity index (χ0) is 15.7. The zero-order valence-electron chi connectivity index (χ0n) is 11.8. The summed E-state index contributed by atoms with van der Waals surface area (Å²) in [7, 11) is 0. The Morgan fingerprint density at radius 1 is 1.29 bits per heavy atom. The highest BCUT2D eigenvalue weighted by atomic mass is 16.6. The molecule has 0 fully saturated rings. The number of nitrogens with one attached hydrogen (secondary N) is 1. The Balaban J connectivity index is 2.43. The lowest BCUT2D eigenvalue weighted by Crippen LogP contribution is -2.14. The SMILES string of the molecule is Cc1oc(C)c(C(=O)Nc2c(O)cccc2[N+](=O)[O-])c1C. The first-order valence-electron chi connectivity index (χ1n) is 6.17. The molecule has 0 saturated carbocycles. The number of amides is 1. The van der Waals surface area contributed by atoms with Crippen LogP contribution in [-0.4, -0.2) is 15.9 Å². The van der Waals surface area contributed by atoms with Gasteiger partial charge in [0.05, 0.1) is 10.5 Å². The number of carbonyl (C=O) groups excluding carboxylic acids is 1. The van der Waals surface area contributed by atoms with Gasteiger partial charge in [-0.3, -0.25) is 14.9 Å². The number of hydrogen-bond donors (Lipinski definition) is 2. The molecule has 1 heterocycles. The van der Waals surface area contributed by atoms with Crippen molar-refractivity contribution in [1.29, 1.82) is 0 Å². The van der Waals surface area contributed by atoms with E-state index < -0.39 is 10.8 Å². The number of para-hydroxylation sites is 1. The van der Waals surface area contributed by atoms with E-state index in [1.807, 2.05) is 0 Å². The molecule has 0 aliphatic carbocycles. The van der Waals surface area contributed by atoms with Gasteiger partial charge in [0.2, 0.25) is 0 Å². The molecule has 0 saturated heterocycles. The van der Waals surface area contributed by atoms with Gasteiger partial charge in [0, 0.05) is 11.6 Å². The Hall–Kier alpha value is -2.83. The zero-order valence-corrected chi connectivity index (χ0v) is 11.8. The van der Waals surface area contributed by atoms with Gasteiger partial charge in [0.15, 0.2) is 5.69 Å². The monoisotopic (exact) mass is 290 g/mol. The van der Waals surface area contributed by atoms with Gasteiger partial charge < -0.3 is 14.8 Å². The Labute approximate surface area is 120 Å². The van der Waals surface area contributed by atoms with E-state index in [9.17, 15) is 20.0 Å². The van der Waals surface area contributed by atoms with Crippen LogP contribution in [0.4, 0.5) is 11.4 Å². The van der Waals surface area contributed by atoms with Crippen LogP contribution >= 0.6 is 0 Å². The average molecular weight is 290 g/mol. The van der Waals surface area contributed by atoms with Gasteiger partial charge in [0.1, 0.15) is 17.3 Å². The maximum atomic E-state index is 12.3. The number of benzene rings is 1. The topological polar surface area (TPSA) is 106 Å². The molecule has 21 heavy (non-hydrogen) atoms. The number of nitro benzene ring substituents is 1. The summed E-state index contributed by atoms with van der Waals surface area (Å²) in [6, 6.07) is 3.81. The molecular formula is C14H14N2O5. The van der Waals surface area contributed by atoms with Crippen LogP contribution in [0.15, 0.2) is 22.6 Å². The summed E-state index contributed by atoms with van der Waals surface area (Å²) < 4.78 is 5.35. The van der Waals surface area contributed by atoms with E-state index in [1.54, 1.807) is 20.8 Å². The fourth-order valence-electron chi connectivity index (χ4n) is 2.11. The average Bonchev–Trinajstić information content (AvgIpc) is 2.65. The van der Waals surface area contributed by atoms with E-state index in [-0.39, 0.29) is 17.1 Å². The highest BCUT2D eigenvalue weighted by Crippen LogP contribution is 2.34. The minimum absolute atomic E-state index is 0.231. The van der Waals surface area contributed by atoms with Crippen molar-refractivity contribution in [1.82, 2.24) is 0 Å². The fourth-order valence-corrected chi connectivity index (χ4v) is 2.11. The van der Waals surface area contributed by atoms with Crippen LogP contribution in [0.2, 0.25) is 0 Å². The van der Waals surface area contributed by atoms with Crippen LogP contribution in [0.25, 0.3) is 0 Å². The van der Waals surface area contributed by atoms with E-state index in [0.29, 0.717) is 22.6 Å². The summed E-state index contributed by atoms with van der Waals surface area (Å²) in [6.45, 7) is 5.08. The molecule has 0 unspecified atom stereocenters. The second kappa shape index (κ2) is 5.28. The van der Waals surface area contributed by atoms with Crippen molar-refractivity contribution in [3.63, 3.8) is 0 Å². The summed E-state index contributed by atoms with van der Waals surface area (Å²) in [4.78, 5) is 22.6. The van der Waals surface area contributed by atoms with Gasteiger partial charge >= 0.3 is 0 Å². The van der Waals surface area contributed by atoms with Gasteiger partial charge in [-0.15, -0.1) is 0 Å². The lowest BCUT2D eigenvalue weighted by Gasteiger charge is -2.08. The number of phenolic OH excluding ortho intramolecular Hbond substituents is 1. The van der Waals surface area contributed by atoms with Crippen molar-refractivity contribution in [3.8, 4) is 5.75 Å². The van der Waals surface area contributed by atoms with Crippen molar-refractivity contribution >= 4 is 17.3 Å². The standard InChI is InChI=1S/C14H14N2O5/c1-7-8(2)21-9(3)12(7)14(18)15-13-10(16(19)20)5-4-6-11(13)17/h4-6,17H,1-3H3,(H,15,18). The molecule has 2 rings (SSSR count). The van der Waals surface area contributed by atoms with Crippen LogP contribution in [-0.2, 0) is 0 Å². The number of rotatable bonds is 3. The van der Waals surface area contributed by atoms with Gasteiger partial charge in [-0.2, -0.15) is 0 Å². The molecule has 0 radical (unpaired) electrons. The number of phenols is 1. The van der Waals surface area contributed by atoms with Crippen LogP contribution in [0.5, 0.6) is 5.75 Å². The molecule has 0 aliphatic rings. The molecule has 0 bridgehead atoms. The highest BCUT2D eigenvalue weighted by molar-refractivity contribution is 6.08. The quantitative estimate of drug-likeness (QED) is 0.513. The van der Waals surface area contributed by atoms with E-state index in [0.717, 1.165) is 0 Å². The normalized spacial score (nSPS) is 10.4. The van der Waals surface area contributed by atoms with Gasteiger partial charge in [-0.25, -0.2) is 0 Å². The third-order valence-electron chi connectivity index (χ3n) is 3.24. The number of nitrogens with zero attached hydrogens (tertiary/aromatic N) is 1. The molecule has 110 valence electrons. The number of aryl methyl sites for hydroxylation is 2.